The molecule has 10 rings (SSSR count). The fourth-order valence-electron chi connectivity index (χ4n) is 4.56. The van der Waals surface area contributed by atoms with Crippen LogP contribution in [0.2, 0.25) is 0 Å². The molecular weight excluding hydrogens is 722 g/mol. The SMILES string of the molecule is C1=Cc2cc3ccc(cc4ccc(cc5nc(cc1n2)C=C5)[nH]4)[nH]3.C1CCOC1.[Zn].[c-]1ccncc1.[c-]1ccncc1.[c-]1ccncc1.[c-]1ccncc1. The Bertz CT molecular complexity index is 1890. The van der Waals surface area contributed by atoms with Crippen molar-refractivity contribution in [1.29, 1.82) is 0 Å². The molecule has 7 aromatic rings. The Balaban J connectivity index is 0.000000175. The minimum Gasteiger partial charge on any atom is -0.391 e. The molecule has 0 spiro atoms. The normalized spacial score (nSPS) is 11.4. The van der Waals surface area contributed by atoms with E-state index in [1.807, 2.05) is 42.5 Å². The van der Waals surface area contributed by atoms with Crippen LogP contribution < -0.4 is 0 Å². The summed E-state index contributed by atoms with van der Waals surface area (Å²) in [6, 6.07) is 41.8. The van der Waals surface area contributed by atoms with Crippen molar-refractivity contribution in [1.82, 2.24) is 39.9 Å². The summed E-state index contributed by atoms with van der Waals surface area (Å²) in [7, 11) is 0. The molecule has 2 N–H and O–H groups in total. The Labute approximate surface area is 328 Å². The number of nitrogens with zero attached hydrogens (tertiary/aromatic N) is 6. The van der Waals surface area contributed by atoms with E-state index in [0.29, 0.717) is 0 Å². The van der Waals surface area contributed by atoms with Gasteiger partial charge in [0.25, 0.3) is 0 Å². The molecule has 10 heterocycles. The van der Waals surface area contributed by atoms with E-state index in [1.165, 1.54) is 12.8 Å². The third-order valence-corrected chi connectivity index (χ3v) is 6.92. The monoisotopic (exact) mass is 758 g/mol. The van der Waals surface area contributed by atoms with Crippen molar-refractivity contribution in [3.05, 3.63) is 194 Å². The summed E-state index contributed by atoms with van der Waals surface area (Å²) >= 11 is 0. The zero-order valence-electron chi connectivity index (χ0n) is 29.8. The number of nitrogens with one attached hydrogen (secondary N) is 2. The van der Waals surface area contributed by atoms with Gasteiger partial charge in [-0.3, -0.25) is 0 Å². The number of aromatic nitrogens is 8. The number of aromatic amines is 2. The van der Waals surface area contributed by atoms with Gasteiger partial charge in [-0.2, -0.15) is 72.8 Å². The number of hydrogen-bond donors (Lipinski definition) is 2. The molecule has 0 amide bonds. The summed E-state index contributed by atoms with van der Waals surface area (Å²) in [4.78, 5) is 31.0. The number of rotatable bonds is 0. The molecular formula is C44H38N8OZn-4. The summed E-state index contributed by atoms with van der Waals surface area (Å²) in [6.07, 6.45) is 24.2. The number of hydrogen-bond acceptors (Lipinski definition) is 7. The summed E-state index contributed by atoms with van der Waals surface area (Å²) in [5.41, 5.74) is 7.86. The number of H-pyrrole nitrogens is 2. The quantitative estimate of drug-likeness (QED) is 0.117. The molecule has 0 radical (unpaired) electrons. The van der Waals surface area contributed by atoms with E-state index in [4.69, 9.17) is 4.74 Å². The molecule has 266 valence electrons. The maximum absolute atomic E-state index is 4.94. The second-order valence-electron chi connectivity index (χ2n) is 11.0. The first-order valence-electron chi connectivity index (χ1n) is 17.0. The van der Waals surface area contributed by atoms with Crippen LogP contribution in [0, 0.1) is 24.3 Å². The van der Waals surface area contributed by atoms with E-state index in [-0.39, 0.29) is 19.5 Å². The Morgan fingerprint density at radius 3 is 0.944 bits per heavy atom. The van der Waals surface area contributed by atoms with E-state index in [1.54, 1.807) is 98.1 Å². The molecule has 0 aromatic carbocycles. The van der Waals surface area contributed by atoms with Crippen molar-refractivity contribution in [2.75, 3.05) is 13.2 Å². The minimum absolute atomic E-state index is 0. The van der Waals surface area contributed by atoms with Gasteiger partial charge < -0.3 is 34.6 Å². The summed E-state index contributed by atoms with van der Waals surface area (Å²) < 4.78 is 4.94. The molecule has 0 saturated carbocycles. The van der Waals surface area contributed by atoms with Crippen LogP contribution in [0.5, 0.6) is 0 Å². The van der Waals surface area contributed by atoms with E-state index in [2.05, 4.69) is 94.5 Å². The molecule has 7 aromatic heterocycles. The van der Waals surface area contributed by atoms with Crippen molar-refractivity contribution in [2.45, 2.75) is 12.8 Å². The minimum atomic E-state index is 0. The van der Waals surface area contributed by atoms with Crippen LogP contribution >= 0.6 is 0 Å². The maximum Gasteiger partial charge on any atom is 0.0659 e. The van der Waals surface area contributed by atoms with Crippen molar-refractivity contribution in [3.63, 3.8) is 0 Å². The topological polar surface area (TPSA) is 118 Å². The standard InChI is InChI=1S/C20H14N4.4C5H4N.C4H8O.Zn/c1-2-14-10-16-5-6-18(23-16)12-20-8-7-19(24-20)11-17-4-3-15(22-17)9-13(1)21-14;4*1-2-4-6-5-3-1;1-2-4-5-3-1;/h1-12,21-22H;4*2-5H;1-4H2;/q;4*-1;;. The molecule has 54 heavy (non-hydrogen) atoms. The summed E-state index contributed by atoms with van der Waals surface area (Å²) in [5, 5.41) is 0. The molecule has 3 aliphatic rings. The summed E-state index contributed by atoms with van der Waals surface area (Å²) in [6.45, 7) is 2.00. The fraction of sp³-hybridized carbons (Fsp3) is 0.0909. The molecule has 3 aliphatic heterocycles. The van der Waals surface area contributed by atoms with Gasteiger partial charge in [-0.1, -0.05) is 49.6 Å². The average Bonchev–Trinajstić information content (AvgIpc) is 4.11. The Hall–Kier alpha value is -6.22. The Kier molecular flexibility index (Phi) is 18.7. The number of pyridine rings is 4. The van der Waals surface area contributed by atoms with Crippen LogP contribution in [-0.4, -0.2) is 53.1 Å². The van der Waals surface area contributed by atoms with Crippen LogP contribution in [0.25, 0.3) is 46.4 Å². The Morgan fingerprint density at radius 2 is 0.704 bits per heavy atom. The molecule has 0 aliphatic carbocycles. The van der Waals surface area contributed by atoms with Crippen LogP contribution in [-0.2, 0) is 24.2 Å². The van der Waals surface area contributed by atoms with Gasteiger partial charge in [-0.25, -0.2) is 9.97 Å². The molecule has 0 unspecified atom stereocenters. The van der Waals surface area contributed by atoms with Crippen LogP contribution in [0.1, 0.15) is 35.6 Å². The molecule has 1 saturated heterocycles. The average molecular weight is 760 g/mol. The van der Waals surface area contributed by atoms with Gasteiger partial charge in [0, 0.05) is 54.8 Å². The van der Waals surface area contributed by atoms with E-state index >= 15 is 0 Å². The van der Waals surface area contributed by atoms with Gasteiger partial charge in [0.15, 0.2) is 0 Å². The van der Waals surface area contributed by atoms with E-state index < -0.39 is 0 Å². The van der Waals surface area contributed by atoms with Crippen LogP contribution in [0.4, 0.5) is 0 Å². The van der Waals surface area contributed by atoms with Gasteiger partial charge >= 0.3 is 0 Å². The van der Waals surface area contributed by atoms with Crippen LogP contribution in [0.15, 0.2) is 147 Å². The second-order valence-corrected chi connectivity index (χ2v) is 11.0. The van der Waals surface area contributed by atoms with Gasteiger partial charge in [0.1, 0.15) is 0 Å². The van der Waals surface area contributed by atoms with Crippen molar-refractivity contribution in [2.24, 2.45) is 0 Å². The first-order valence-corrected chi connectivity index (χ1v) is 17.0. The van der Waals surface area contributed by atoms with Crippen molar-refractivity contribution >= 4 is 46.4 Å². The molecule has 1 fully saturated rings. The molecule has 8 bridgehead atoms. The molecule has 10 heteroatoms. The van der Waals surface area contributed by atoms with E-state index in [9.17, 15) is 0 Å². The fourth-order valence-corrected chi connectivity index (χ4v) is 4.56. The first-order chi connectivity index (χ1) is 26.3. The second kappa shape index (κ2) is 24.9. The summed E-state index contributed by atoms with van der Waals surface area (Å²) in [5.74, 6) is 0. The maximum atomic E-state index is 4.94. The largest absolute Gasteiger partial charge is 0.391 e. The predicted octanol–water partition coefficient (Wildman–Crippen LogP) is 8.98. The smallest absolute Gasteiger partial charge is 0.0659 e. The molecule has 9 nitrogen and oxygen atoms in total. The van der Waals surface area contributed by atoms with E-state index in [0.717, 1.165) is 58.1 Å². The van der Waals surface area contributed by atoms with Gasteiger partial charge in [-0.15, -0.1) is 0 Å². The zero-order valence-corrected chi connectivity index (χ0v) is 32.8. The van der Waals surface area contributed by atoms with Crippen molar-refractivity contribution < 1.29 is 24.2 Å². The Morgan fingerprint density at radius 1 is 0.407 bits per heavy atom. The number of fused-ring (bicyclic) bond motifs is 8. The van der Waals surface area contributed by atoms with Crippen molar-refractivity contribution in [3.8, 4) is 0 Å². The van der Waals surface area contributed by atoms with Gasteiger partial charge in [-0.05, 0) is 85.7 Å². The molecule has 0 atom stereocenters. The predicted molar refractivity (Wildman–Crippen MR) is 211 cm³/mol. The number of ether oxygens (including phenoxy) is 1. The van der Waals surface area contributed by atoms with Gasteiger partial charge in [0.05, 0.1) is 22.8 Å². The first kappa shape index (κ1) is 40.6. The third kappa shape index (κ3) is 16.4. The van der Waals surface area contributed by atoms with Gasteiger partial charge in [0.2, 0.25) is 0 Å². The third-order valence-electron chi connectivity index (χ3n) is 6.92. The zero-order chi connectivity index (χ0) is 36.4. The van der Waals surface area contributed by atoms with Crippen LogP contribution in [0.3, 0.4) is 0 Å².